The highest BCUT2D eigenvalue weighted by Crippen LogP contribution is 2.33. The highest BCUT2D eigenvalue weighted by Gasteiger charge is 2.36. The quantitative estimate of drug-likeness (QED) is 0.567. The van der Waals surface area contributed by atoms with Gasteiger partial charge >= 0.3 is 5.97 Å². The zero-order chi connectivity index (χ0) is 7.78. The molecule has 1 aliphatic carbocycles. The van der Waals surface area contributed by atoms with Gasteiger partial charge in [0.1, 0.15) is 0 Å². The Bertz CT molecular complexity index is 151. The van der Waals surface area contributed by atoms with Gasteiger partial charge in [-0.05, 0) is 26.2 Å². The highest BCUT2D eigenvalue weighted by molar-refractivity contribution is 5.70. The van der Waals surface area contributed by atoms with Gasteiger partial charge in [-0.1, -0.05) is 0 Å². The van der Waals surface area contributed by atoms with Crippen LogP contribution in [0.1, 0.15) is 26.2 Å². The zero-order valence-electron chi connectivity index (χ0n) is 6.00. The molecule has 0 aromatic rings. The molecule has 0 amide bonds. The lowest BCUT2D eigenvalue weighted by molar-refractivity contribution is -0.142. The Morgan fingerprint density at radius 2 is 2.30 bits per heavy atom. The summed E-state index contributed by atoms with van der Waals surface area (Å²) >= 11 is 0. The Balaban J connectivity index is 2.51. The smallest absolute Gasteiger partial charge is 0.306 e. The summed E-state index contributed by atoms with van der Waals surface area (Å²) in [6.07, 6.45) is 1.63. The summed E-state index contributed by atoms with van der Waals surface area (Å²) in [5, 5.41) is 17.9. The van der Waals surface area contributed by atoms with E-state index in [0.29, 0.717) is 19.3 Å². The van der Waals surface area contributed by atoms with E-state index in [1.165, 1.54) is 0 Å². The van der Waals surface area contributed by atoms with E-state index in [9.17, 15) is 9.90 Å². The van der Waals surface area contributed by atoms with Gasteiger partial charge in [-0.25, -0.2) is 0 Å². The Morgan fingerprint density at radius 1 is 1.70 bits per heavy atom. The first-order chi connectivity index (χ1) is 4.51. The Labute approximate surface area is 59.7 Å². The van der Waals surface area contributed by atoms with Gasteiger partial charge in [0, 0.05) is 0 Å². The number of aliphatic hydroxyl groups is 1. The maximum atomic E-state index is 10.4. The van der Waals surface area contributed by atoms with Gasteiger partial charge in [-0.2, -0.15) is 0 Å². The molecule has 0 aliphatic heterocycles. The second kappa shape index (κ2) is 2.23. The molecule has 0 aromatic carbocycles. The van der Waals surface area contributed by atoms with Gasteiger partial charge in [0.2, 0.25) is 0 Å². The largest absolute Gasteiger partial charge is 0.481 e. The van der Waals surface area contributed by atoms with E-state index in [2.05, 4.69) is 0 Å². The lowest BCUT2D eigenvalue weighted by Crippen LogP contribution is -2.20. The average molecular weight is 144 g/mol. The SMILES string of the molecule is C[C@@]1(O)CC[C@H](C(=O)O)C1. The number of hydrogen-bond acceptors (Lipinski definition) is 2. The number of hydrogen-bond donors (Lipinski definition) is 2. The van der Waals surface area contributed by atoms with Crippen molar-refractivity contribution < 1.29 is 15.0 Å². The molecule has 10 heavy (non-hydrogen) atoms. The lowest BCUT2D eigenvalue weighted by atomic mass is 10.0. The summed E-state index contributed by atoms with van der Waals surface area (Å²) in [5.74, 6) is -1.10. The van der Waals surface area contributed by atoms with Crippen molar-refractivity contribution >= 4 is 5.97 Å². The third-order valence-corrected chi connectivity index (χ3v) is 2.07. The topological polar surface area (TPSA) is 57.5 Å². The lowest BCUT2D eigenvalue weighted by Gasteiger charge is -2.13. The minimum Gasteiger partial charge on any atom is -0.481 e. The molecule has 2 atom stereocenters. The third-order valence-electron chi connectivity index (χ3n) is 2.07. The molecule has 2 N–H and O–H groups in total. The molecule has 0 saturated heterocycles. The van der Waals surface area contributed by atoms with Gasteiger partial charge in [0.05, 0.1) is 11.5 Å². The summed E-state index contributed by atoms with van der Waals surface area (Å²) < 4.78 is 0. The van der Waals surface area contributed by atoms with Crippen LogP contribution in [0.15, 0.2) is 0 Å². The van der Waals surface area contributed by atoms with Crippen molar-refractivity contribution in [3.8, 4) is 0 Å². The predicted octanol–water partition coefficient (Wildman–Crippen LogP) is 0.622. The van der Waals surface area contributed by atoms with Gasteiger partial charge in [0.15, 0.2) is 0 Å². The molecular weight excluding hydrogens is 132 g/mol. The number of aliphatic carboxylic acids is 1. The molecule has 58 valence electrons. The molecule has 1 aliphatic rings. The maximum Gasteiger partial charge on any atom is 0.306 e. The fraction of sp³-hybridized carbons (Fsp3) is 0.857. The molecule has 0 unspecified atom stereocenters. The van der Waals surface area contributed by atoms with Crippen LogP contribution in [0.25, 0.3) is 0 Å². The van der Waals surface area contributed by atoms with E-state index < -0.39 is 11.6 Å². The number of carboxylic acids is 1. The molecule has 0 aromatic heterocycles. The summed E-state index contributed by atoms with van der Waals surface area (Å²) in [6, 6.07) is 0. The van der Waals surface area contributed by atoms with Crippen LogP contribution in [-0.2, 0) is 4.79 Å². The molecule has 0 radical (unpaired) electrons. The first-order valence-electron chi connectivity index (χ1n) is 3.46. The average Bonchev–Trinajstić information content (AvgIpc) is 2.10. The normalized spacial score (nSPS) is 40.0. The van der Waals surface area contributed by atoms with Gasteiger partial charge in [-0.3, -0.25) is 4.79 Å². The standard InChI is InChI=1S/C7H12O3/c1-7(10)3-2-5(4-7)6(8)9/h5,10H,2-4H2,1H3,(H,8,9)/t5-,7+/m0/s1. The minimum atomic E-state index is -0.780. The molecule has 1 rings (SSSR count). The van der Waals surface area contributed by atoms with Crippen LogP contribution >= 0.6 is 0 Å². The van der Waals surface area contributed by atoms with Crippen molar-refractivity contribution in [2.45, 2.75) is 31.8 Å². The van der Waals surface area contributed by atoms with Crippen LogP contribution < -0.4 is 0 Å². The number of carbonyl (C=O) groups is 1. The predicted molar refractivity (Wildman–Crippen MR) is 35.6 cm³/mol. The van der Waals surface area contributed by atoms with Crippen molar-refractivity contribution in [3.05, 3.63) is 0 Å². The van der Waals surface area contributed by atoms with Crippen molar-refractivity contribution in [2.75, 3.05) is 0 Å². The molecular formula is C7H12O3. The monoisotopic (exact) mass is 144 g/mol. The van der Waals surface area contributed by atoms with E-state index in [4.69, 9.17) is 5.11 Å². The van der Waals surface area contributed by atoms with Gasteiger partial charge < -0.3 is 10.2 Å². The second-order valence-corrected chi connectivity index (χ2v) is 3.27. The fourth-order valence-corrected chi connectivity index (χ4v) is 1.43. The molecule has 0 spiro atoms. The first kappa shape index (κ1) is 7.54. The van der Waals surface area contributed by atoms with Gasteiger partial charge in [-0.15, -0.1) is 0 Å². The van der Waals surface area contributed by atoms with E-state index in [0.717, 1.165) is 0 Å². The van der Waals surface area contributed by atoms with E-state index in [-0.39, 0.29) is 5.92 Å². The van der Waals surface area contributed by atoms with Crippen molar-refractivity contribution in [3.63, 3.8) is 0 Å². The van der Waals surface area contributed by atoms with Crippen molar-refractivity contribution in [2.24, 2.45) is 5.92 Å². The summed E-state index contributed by atoms with van der Waals surface area (Å²) in [4.78, 5) is 10.4. The van der Waals surface area contributed by atoms with Crippen LogP contribution in [0.2, 0.25) is 0 Å². The third kappa shape index (κ3) is 1.48. The zero-order valence-corrected chi connectivity index (χ0v) is 6.00. The van der Waals surface area contributed by atoms with E-state index >= 15 is 0 Å². The highest BCUT2D eigenvalue weighted by atomic mass is 16.4. The van der Waals surface area contributed by atoms with Crippen molar-refractivity contribution in [1.82, 2.24) is 0 Å². The van der Waals surface area contributed by atoms with Crippen LogP contribution in [0.3, 0.4) is 0 Å². The molecule has 0 heterocycles. The molecule has 3 nitrogen and oxygen atoms in total. The van der Waals surface area contributed by atoms with E-state index in [1.54, 1.807) is 6.92 Å². The molecule has 1 fully saturated rings. The minimum absolute atomic E-state index is 0.324. The van der Waals surface area contributed by atoms with Crippen LogP contribution in [0, 0.1) is 5.92 Å². The number of rotatable bonds is 1. The first-order valence-corrected chi connectivity index (χ1v) is 3.46. The summed E-state index contributed by atoms with van der Waals surface area (Å²) in [5.41, 5.74) is -0.733. The summed E-state index contributed by atoms with van der Waals surface area (Å²) in [7, 11) is 0. The van der Waals surface area contributed by atoms with Crippen LogP contribution in [0.4, 0.5) is 0 Å². The Kier molecular flexibility index (Phi) is 1.68. The molecule has 1 saturated carbocycles. The molecule has 3 heteroatoms. The van der Waals surface area contributed by atoms with E-state index in [1.807, 2.05) is 0 Å². The molecule has 0 bridgehead atoms. The van der Waals surface area contributed by atoms with Crippen molar-refractivity contribution in [1.29, 1.82) is 0 Å². The maximum absolute atomic E-state index is 10.4. The summed E-state index contributed by atoms with van der Waals surface area (Å²) in [6.45, 7) is 1.69. The van der Waals surface area contributed by atoms with Gasteiger partial charge in [0.25, 0.3) is 0 Å². The second-order valence-electron chi connectivity index (χ2n) is 3.27. The number of carboxylic acid groups (broad SMARTS) is 1. The van der Waals surface area contributed by atoms with Crippen LogP contribution in [0.5, 0.6) is 0 Å². The Hall–Kier alpha value is -0.570. The fourth-order valence-electron chi connectivity index (χ4n) is 1.43. The Morgan fingerprint density at radius 3 is 2.50 bits per heavy atom. The van der Waals surface area contributed by atoms with Crippen LogP contribution in [-0.4, -0.2) is 21.8 Å².